The van der Waals surface area contributed by atoms with Crippen LogP contribution < -0.4 is 5.32 Å². The molecular formula is C12H14ClF2NO. The van der Waals surface area contributed by atoms with Crippen LogP contribution in [0.2, 0.25) is 5.02 Å². The third-order valence-corrected chi connectivity index (χ3v) is 3.07. The van der Waals surface area contributed by atoms with Crippen LogP contribution >= 0.6 is 11.6 Å². The van der Waals surface area contributed by atoms with Crippen LogP contribution in [0, 0.1) is 0 Å². The van der Waals surface area contributed by atoms with Gasteiger partial charge in [-0.2, -0.15) is 0 Å². The number of morpholine rings is 1. The summed E-state index contributed by atoms with van der Waals surface area (Å²) in [4.78, 5) is 0. The molecule has 5 heteroatoms. The monoisotopic (exact) mass is 261 g/mol. The first-order valence-corrected chi connectivity index (χ1v) is 5.87. The van der Waals surface area contributed by atoms with E-state index in [-0.39, 0.29) is 16.7 Å². The third-order valence-electron chi connectivity index (χ3n) is 2.76. The zero-order valence-corrected chi connectivity index (χ0v) is 10.2. The number of hydrogen-bond acceptors (Lipinski definition) is 2. The Balaban J connectivity index is 2.42. The maximum atomic E-state index is 13.6. The summed E-state index contributed by atoms with van der Waals surface area (Å²) < 4.78 is 32.6. The molecule has 94 valence electrons. The minimum atomic E-state index is -2.96. The highest BCUT2D eigenvalue weighted by Gasteiger charge is 2.33. The van der Waals surface area contributed by atoms with Crippen LogP contribution in [-0.4, -0.2) is 19.7 Å². The number of benzene rings is 1. The highest BCUT2D eigenvalue weighted by Crippen LogP contribution is 2.38. The molecule has 0 aliphatic carbocycles. The van der Waals surface area contributed by atoms with Crippen molar-refractivity contribution < 1.29 is 13.5 Å². The Labute approximate surface area is 104 Å². The quantitative estimate of drug-likeness (QED) is 0.883. The fraction of sp³-hybridized carbons (Fsp3) is 0.500. The summed E-state index contributed by atoms with van der Waals surface area (Å²) in [6, 6.07) is 4.80. The number of hydrogen-bond donors (Lipinski definition) is 1. The van der Waals surface area contributed by atoms with Gasteiger partial charge < -0.3 is 10.1 Å². The minimum Gasteiger partial charge on any atom is -0.371 e. The molecule has 1 heterocycles. The Morgan fingerprint density at radius 2 is 2.24 bits per heavy atom. The van der Waals surface area contributed by atoms with Crippen molar-refractivity contribution in [1.29, 1.82) is 0 Å². The van der Waals surface area contributed by atoms with Gasteiger partial charge in [-0.05, 0) is 11.6 Å². The summed E-state index contributed by atoms with van der Waals surface area (Å²) in [5, 5.41) is 3.21. The van der Waals surface area contributed by atoms with Gasteiger partial charge in [0.15, 0.2) is 0 Å². The van der Waals surface area contributed by atoms with Gasteiger partial charge in [-0.15, -0.1) is 0 Å². The van der Waals surface area contributed by atoms with E-state index in [0.29, 0.717) is 18.7 Å². The molecule has 2 rings (SSSR count). The van der Waals surface area contributed by atoms with Crippen molar-refractivity contribution in [3.8, 4) is 0 Å². The maximum Gasteiger partial charge on any atom is 0.272 e. The molecule has 0 bridgehead atoms. The first-order valence-electron chi connectivity index (χ1n) is 5.49. The molecule has 1 saturated heterocycles. The second-order valence-electron chi connectivity index (χ2n) is 4.16. The van der Waals surface area contributed by atoms with Gasteiger partial charge in [-0.1, -0.05) is 23.7 Å². The van der Waals surface area contributed by atoms with E-state index < -0.39 is 5.92 Å². The van der Waals surface area contributed by atoms with E-state index in [1.165, 1.54) is 6.07 Å². The Kier molecular flexibility index (Phi) is 3.66. The van der Waals surface area contributed by atoms with E-state index >= 15 is 0 Å². The van der Waals surface area contributed by atoms with Gasteiger partial charge in [0.25, 0.3) is 5.92 Å². The summed E-state index contributed by atoms with van der Waals surface area (Å²) in [7, 11) is 0. The van der Waals surface area contributed by atoms with Crippen molar-refractivity contribution in [1.82, 2.24) is 5.32 Å². The van der Waals surface area contributed by atoms with Crippen molar-refractivity contribution >= 4 is 11.6 Å². The smallest absolute Gasteiger partial charge is 0.272 e. The van der Waals surface area contributed by atoms with Crippen LogP contribution in [0.1, 0.15) is 24.2 Å². The van der Waals surface area contributed by atoms with Crippen molar-refractivity contribution in [3.05, 3.63) is 34.3 Å². The first-order chi connectivity index (χ1) is 8.00. The molecule has 1 aliphatic heterocycles. The number of nitrogens with one attached hydrogen (secondary N) is 1. The number of halogens is 3. The molecule has 0 aromatic heterocycles. The highest BCUT2D eigenvalue weighted by molar-refractivity contribution is 6.31. The molecule has 1 N–H and O–H groups in total. The minimum absolute atomic E-state index is 0.0872. The normalized spacial score (nSPS) is 21.5. The maximum absolute atomic E-state index is 13.6. The molecular weight excluding hydrogens is 248 g/mol. The van der Waals surface area contributed by atoms with Crippen molar-refractivity contribution in [2.45, 2.75) is 19.0 Å². The van der Waals surface area contributed by atoms with Crippen LogP contribution in [0.3, 0.4) is 0 Å². The van der Waals surface area contributed by atoms with Crippen molar-refractivity contribution in [3.63, 3.8) is 0 Å². The molecule has 1 aromatic rings. The largest absolute Gasteiger partial charge is 0.371 e. The lowest BCUT2D eigenvalue weighted by Crippen LogP contribution is -2.34. The van der Waals surface area contributed by atoms with Crippen LogP contribution in [0.25, 0.3) is 0 Å². The van der Waals surface area contributed by atoms with Crippen LogP contribution in [-0.2, 0) is 10.7 Å². The van der Waals surface area contributed by atoms with Gasteiger partial charge in [-0.3, -0.25) is 0 Å². The standard InChI is InChI=1S/C12H14ClF2NO/c1-12(14,15)11-8(3-2-4-9(11)13)10-7-16-5-6-17-10/h2-4,10,16H,5-7H2,1H3. The Bertz CT molecular complexity index is 400. The fourth-order valence-electron chi connectivity index (χ4n) is 2.04. The van der Waals surface area contributed by atoms with E-state index in [0.717, 1.165) is 13.5 Å². The molecule has 17 heavy (non-hydrogen) atoms. The molecule has 0 spiro atoms. The molecule has 1 aromatic carbocycles. The molecule has 1 unspecified atom stereocenters. The summed E-state index contributed by atoms with van der Waals surface area (Å²) >= 11 is 5.88. The lowest BCUT2D eigenvalue weighted by atomic mass is 9.97. The lowest BCUT2D eigenvalue weighted by molar-refractivity contribution is 0.00139. The summed E-state index contributed by atoms with van der Waals surface area (Å²) in [6.45, 7) is 2.65. The van der Waals surface area contributed by atoms with E-state index in [1.807, 2.05) is 0 Å². The Morgan fingerprint density at radius 3 is 2.82 bits per heavy atom. The number of alkyl halides is 2. The molecule has 0 radical (unpaired) electrons. The lowest BCUT2D eigenvalue weighted by Gasteiger charge is -2.27. The van der Waals surface area contributed by atoms with Crippen molar-refractivity contribution in [2.75, 3.05) is 19.7 Å². The Morgan fingerprint density at radius 1 is 1.47 bits per heavy atom. The van der Waals surface area contributed by atoms with Crippen molar-refractivity contribution in [2.24, 2.45) is 0 Å². The predicted molar refractivity (Wildman–Crippen MR) is 62.6 cm³/mol. The first kappa shape index (κ1) is 12.7. The number of rotatable bonds is 2. The molecule has 1 fully saturated rings. The molecule has 0 saturated carbocycles. The van der Waals surface area contributed by atoms with Gasteiger partial charge >= 0.3 is 0 Å². The van der Waals surface area contributed by atoms with E-state index in [1.54, 1.807) is 12.1 Å². The van der Waals surface area contributed by atoms with Gasteiger partial charge in [0.1, 0.15) is 0 Å². The number of ether oxygens (including phenoxy) is 1. The zero-order chi connectivity index (χ0) is 12.5. The van der Waals surface area contributed by atoms with Crippen LogP contribution in [0.5, 0.6) is 0 Å². The fourth-order valence-corrected chi connectivity index (χ4v) is 2.39. The van der Waals surface area contributed by atoms with E-state index in [4.69, 9.17) is 16.3 Å². The highest BCUT2D eigenvalue weighted by atomic mass is 35.5. The van der Waals surface area contributed by atoms with Crippen LogP contribution in [0.15, 0.2) is 18.2 Å². The molecule has 1 aliphatic rings. The predicted octanol–water partition coefficient (Wildman–Crippen LogP) is 3.11. The third kappa shape index (κ3) is 2.76. The summed E-state index contributed by atoms with van der Waals surface area (Å²) in [5.41, 5.74) is 0.340. The molecule has 2 nitrogen and oxygen atoms in total. The van der Waals surface area contributed by atoms with Crippen LogP contribution in [0.4, 0.5) is 8.78 Å². The topological polar surface area (TPSA) is 21.3 Å². The van der Waals surface area contributed by atoms with Gasteiger partial charge in [-0.25, -0.2) is 8.78 Å². The molecule has 1 atom stereocenters. The van der Waals surface area contributed by atoms with Gasteiger partial charge in [0, 0.05) is 25.6 Å². The second kappa shape index (κ2) is 4.88. The average Bonchev–Trinajstić information content (AvgIpc) is 2.28. The van der Waals surface area contributed by atoms with E-state index in [2.05, 4.69) is 5.32 Å². The van der Waals surface area contributed by atoms with Gasteiger partial charge in [0.2, 0.25) is 0 Å². The Hall–Kier alpha value is -0.710. The van der Waals surface area contributed by atoms with E-state index in [9.17, 15) is 8.78 Å². The molecule has 0 amide bonds. The second-order valence-corrected chi connectivity index (χ2v) is 4.56. The SMILES string of the molecule is CC(F)(F)c1c(Cl)cccc1C1CNCCO1. The van der Waals surface area contributed by atoms with Gasteiger partial charge in [0.05, 0.1) is 17.7 Å². The zero-order valence-electron chi connectivity index (χ0n) is 9.47. The summed E-state index contributed by atoms with van der Waals surface area (Å²) in [5.74, 6) is -2.96. The average molecular weight is 262 g/mol. The summed E-state index contributed by atoms with van der Waals surface area (Å²) in [6.07, 6.45) is -0.358.